The second-order valence-electron chi connectivity index (χ2n) is 23.6. The summed E-state index contributed by atoms with van der Waals surface area (Å²) in [6.07, 6.45) is 9.78. The molecule has 6 atom stereocenters. The molecule has 0 spiro atoms. The van der Waals surface area contributed by atoms with Crippen molar-refractivity contribution < 1.29 is 33.8 Å². The summed E-state index contributed by atoms with van der Waals surface area (Å²) in [6.45, 7) is 12.4. The van der Waals surface area contributed by atoms with Gasteiger partial charge < -0.3 is 65.5 Å². The van der Waals surface area contributed by atoms with Gasteiger partial charge in [-0.1, -0.05) is 55.4 Å². The Balaban J connectivity index is 0.564. The number of phenols is 1. The highest BCUT2D eigenvalue weighted by Crippen LogP contribution is 2.41. The number of β-amino-alcohol motifs (C(OH)–C–C–N with tert-alkyl or cyclic N) is 1. The summed E-state index contributed by atoms with van der Waals surface area (Å²) in [6, 6.07) is 22.5. The van der Waals surface area contributed by atoms with Crippen molar-refractivity contribution in [2.24, 2.45) is 11.8 Å². The maximum absolute atomic E-state index is 14.4. The number of nitrogens with two attached hydrogens (primary N) is 2. The summed E-state index contributed by atoms with van der Waals surface area (Å²) < 4.78 is 19.0. The van der Waals surface area contributed by atoms with Gasteiger partial charge in [-0.25, -0.2) is 9.97 Å². The van der Waals surface area contributed by atoms with Gasteiger partial charge in [0, 0.05) is 113 Å². The molecule has 5 saturated heterocycles. The first-order chi connectivity index (χ1) is 39.3. The number of phenolic OH excluding ortho intramolecular Hbond substituents is 1. The lowest BCUT2D eigenvalue weighted by Crippen LogP contribution is -2.54. The number of likely N-dealkylation sites (tertiary alicyclic amines) is 2. The highest BCUT2D eigenvalue weighted by Gasteiger charge is 2.45. The molecule has 81 heavy (non-hydrogen) atoms. The van der Waals surface area contributed by atoms with Crippen LogP contribution in [0.25, 0.3) is 21.7 Å². The summed E-state index contributed by atoms with van der Waals surface area (Å²) in [7, 11) is 0. The Hall–Kier alpha value is -7.07. The Bertz CT molecular complexity index is 3140. The van der Waals surface area contributed by atoms with Crippen LogP contribution in [0, 0.1) is 11.8 Å². The molecule has 2 bridgehead atoms. The van der Waals surface area contributed by atoms with Gasteiger partial charge in [-0.3, -0.25) is 9.59 Å². The van der Waals surface area contributed by atoms with E-state index < -0.39 is 18.1 Å². The smallest absolute Gasteiger partial charge is 0.243 e. The topological polar surface area (TPSA) is 251 Å². The number of carbonyl (C=O) groups is 2. The van der Waals surface area contributed by atoms with Gasteiger partial charge in [0.15, 0.2) is 17.4 Å². The number of piperidine rings is 2. The molecule has 7 N–H and O–H groups in total. The lowest BCUT2D eigenvalue weighted by molar-refractivity contribution is -0.141. The summed E-state index contributed by atoms with van der Waals surface area (Å²) >= 11 is 1.48. The van der Waals surface area contributed by atoms with Crippen molar-refractivity contribution in [2.45, 2.75) is 133 Å². The number of nitrogen functional groups attached to an aromatic ring is 2. The number of hydrogen-bond acceptors (Lipinski definition) is 19. The molecule has 6 aliphatic rings. The van der Waals surface area contributed by atoms with E-state index in [1.807, 2.05) is 75.5 Å². The minimum absolute atomic E-state index is 0.0726. The van der Waals surface area contributed by atoms with Gasteiger partial charge >= 0.3 is 0 Å². The molecule has 1 aliphatic carbocycles. The fourth-order valence-electron chi connectivity index (χ4n) is 13.3. The summed E-state index contributed by atoms with van der Waals surface area (Å²) in [5, 5.41) is 37.4. The number of pyridine rings is 1. The van der Waals surface area contributed by atoms with E-state index >= 15 is 0 Å². The van der Waals surface area contributed by atoms with Crippen molar-refractivity contribution in [3.8, 4) is 33.3 Å². The first kappa shape index (κ1) is 54.5. The average molecular weight is 1120 g/mol. The number of aliphatic hydroxyl groups is 1. The summed E-state index contributed by atoms with van der Waals surface area (Å²) in [5.41, 5.74) is 19.2. The SMILES string of the molecule is CC(C)[C@H](C(=O)N1C[C@H](O)C[C@H]1C(=O)N[C@@H](C)c1ccc(-c2scnc2N)cc1)c1cc(N2CCC(CN3CCC(OC4CC(Oc5cc(N6C7CCC6CN(c6cc(-c8ccccc8O)nnc6N)C7)ccn5)C4)CC3)CC2)no1. The number of amides is 2. The molecule has 2 aromatic carbocycles. The van der Waals surface area contributed by atoms with E-state index in [4.69, 9.17) is 25.5 Å². The van der Waals surface area contributed by atoms with E-state index in [1.165, 1.54) is 16.2 Å². The lowest BCUT2D eigenvalue weighted by atomic mass is 9.91. The van der Waals surface area contributed by atoms with Crippen LogP contribution in [0.3, 0.4) is 0 Å². The number of fused-ring (bicyclic) bond motifs is 2. The molecule has 1 saturated carbocycles. The number of benzene rings is 2. The first-order valence-corrected chi connectivity index (χ1v) is 29.9. The predicted molar refractivity (Wildman–Crippen MR) is 311 cm³/mol. The predicted octanol–water partition coefficient (Wildman–Crippen LogP) is 7.26. The van der Waals surface area contributed by atoms with E-state index in [9.17, 15) is 19.8 Å². The highest BCUT2D eigenvalue weighted by molar-refractivity contribution is 7.13. The minimum Gasteiger partial charge on any atom is -0.507 e. The van der Waals surface area contributed by atoms with Crippen LogP contribution in [0.1, 0.15) is 102 Å². The Morgan fingerprint density at radius 2 is 1.57 bits per heavy atom. The number of anilines is 5. The molecule has 9 heterocycles. The molecule has 4 aromatic heterocycles. The molecular formula is C60H75N13O7S. The standard InChI is InChI=1S/C60H75N13O7S/c1-35(2)55(60(77)72-33-43(74)25-50(72)59(76)65-36(3)38-8-10-39(11-9-38)56-58(62)64-34-81-56)52-29-53(68-80-52)70-22-15-37(16-23-70)30-69-20-17-44(18-21-69)78-45-26-46(27-45)79-54-24-40(14-19-63-54)73-41-12-13-42(73)32-71(31-41)49-28-48(66-67-57(49)61)47-6-4-5-7-51(47)75/h4-11,14,19,24,28-29,34-37,41-46,50,55,74-75H,12-13,15-18,20-23,25-27,30-33,62H2,1-3H3,(H2,61,67)(H,65,76)/t36-,41?,42?,43+,45?,46?,50-,55-/m0/s1. The van der Waals surface area contributed by atoms with Crippen LogP contribution < -0.4 is 36.2 Å². The van der Waals surface area contributed by atoms with Crippen LogP contribution in [-0.2, 0) is 14.3 Å². The number of piperazine rings is 1. The number of aliphatic hydroxyl groups excluding tert-OH is 1. The number of hydrogen-bond donors (Lipinski definition) is 5. The molecule has 5 aliphatic heterocycles. The highest BCUT2D eigenvalue weighted by atomic mass is 32.1. The Labute approximate surface area is 476 Å². The number of carbonyl (C=O) groups excluding carboxylic acids is 2. The van der Waals surface area contributed by atoms with Crippen molar-refractivity contribution in [1.29, 1.82) is 0 Å². The Morgan fingerprint density at radius 1 is 0.815 bits per heavy atom. The molecular weight excluding hydrogens is 1050 g/mol. The van der Waals surface area contributed by atoms with Crippen LogP contribution in [0.2, 0.25) is 0 Å². The largest absolute Gasteiger partial charge is 0.507 e. The lowest BCUT2D eigenvalue weighted by Gasteiger charge is -2.43. The molecule has 428 valence electrons. The maximum Gasteiger partial charge on any atom is 0.243 e. The van der Waals surface area contributed by atoms with E-state index in [0.717, 1.165) is 130 Å². The number of aromatic nitrogens is 5. The second kappa shape index (κ2) is 23.4. The van der Waals surface area contributed by atoms with Crippen LogP contribution >= 0.6 is 11.3 Å². The van der Waals surface area contributed by atoms with E-state index in [-0.39, 0.29) is 60.8 Å². The molecule has 2 amide bonds. The number of nitrogens with zero attached hydrogens (tertiary/aromatic N) is 10. The monoisotopic (exact) mass is 1120 g/mol. The minimum atomic E-state index is -0.817. The zero-order chi connectivity index (χ0) is 55.9. The Morgan fingerprint density at radius 3 is 2.28 bits per heavy atom. The number of para-hydroxylation sites is 1. The molecule has 2 unspecified atom stereocenters. The van der Waals surface area contributed by atoms with Gasteiger partial charge in [-0.05, 0) is 92.7 Å². The third-order valence-electron chi connectivity index (χ3n) is 17.8. The van der Waals surface area contributed by atoms with Crippen LogP contribution in [0.15, 0.2) is 89.0 Å². The van der Waals surface area contributed by atoms with Gasteiger partial charge in [-0.2, -0.15) is 0 Å². The fraction of sp³-hybridized carbons (Fsp3) is 0.517. The quantitative estimate of drug-likeness (QED) is 0.0602. The molecule has 6 fully saturated rings. The zero-order valence-corrected chi connectivity index (χ0v) is 47.2. The second-order valence-corrected chi connectivity index (χ2v) is 24.4. The molecule has 6 aromatic rings. The van der Waals surface area contributed by atoms with Crippen LogP contribution in [-0.4, -0.2) is 152 Å². The average Bonchev–Trinajstić information content (AvgIpc) is 4.30. The zero-order valence-electron chi connectivity index (χ0n) is 46.4. The van der Waals surface area contributed by atoms with Crippen molar-refractivity contribution in [3.63, 3.8) is 0 Å². The van der Waals surface area contributed by atoms with E-state index in [2.05, 4.69) is 62.4 Å². The van der Waals surface area contributed by atoms with Crippen molar-refractivity contribution in [1.82, 2.24) is 40.4 Å². The third kappa shape index (κ3) is 11.7. The summed E-state index contributed by atoms with van der Waals surface area (Å²) in [5.74, 6) is 2.13. The molecule has 0 radical (unpaired) electrons. The number of ether oxygens (including phenoxy) is 2. The van der Waals surface area contributed by atoms with E-state index in [0.29, 0.717) is 52.5 Å². The van der Waals surface area contributed by atoms with Gasteiger partial charge in [0.1, 0.15) is 29.6 Å². The molecule has 21 heteroatoms. The molecule has 12 rings (SSSR count). The van der Waals surface area contributed by atoms with Gasteiger partial charge in [0.2, 0.25) is 17.7 Å². The van der Waals surface area contributed by atoms with Gasteiger partial charge in [-0.15, -0.1) is 21.5 Å². The van der Waals surface area contributed by atoms with Crippen molar-refractivity contribution >= 4 is 52.0 Å². The van der Waals surface area contributed by atoms with Gasteiger partial charge in [0.05, 0.1) is 46.1 Å². The summed E-state index contributed by atoms with van der Waals surface area (Å²) in [4.78, 5) is 49.1. The third-order valence-corrected chi connectivity index (χ3v) is 18.7. The van der Waals surface area contributed by atoms with Crippen LogP contribution in [0.4, 0.5) is 28.8 Å². The Kier molecular flexibility index (Phi) is 15.8. The normalized spacial score (nSPS) is 24.4. The number of nitrogens with one attached hydrogen (secondary N) is 1. The fourth-order valence-corrected chi connectivity index (χ4v) is 14.0. The maximum atomic E-state index is 14.4. The van der Waals surface area contributed by atoms with Crippen LogP contribution in [0.5, 0.6) is 11.6 Å². The van der Waals surface area contributed by atoms with Crippen molar-refractivity contribution in [2.75, 3.05) is 78.5 Å². The number of aromatic hydroxyl groups is 1. The molecule has 20 nitrogen and oxygen atoms in total. The number of rotatable bonds is 17. The van der Waals surface area contributed by atoms with Gasteiger partial charge in [0.25, 0.3) is 0 Å². The number of thiazole rings is 1. The van der Waals surface area contributed by atoms with Crippen molar-refractivity contribution in [3.05, 3.63) is 95.8 Å². The first-order valence-electron chi connectivity index (χ1n) is 29.0. The van der Waals surface area contributed by atoms with E-state index in [1.54, 1.807) is 17.6 Å².